The molecule has 0 aliphatic heterocycles. The van der Waals surface area contributed by atoms with Gasteiger partial charge in [0.25, 0.3) is 5.56 Å². The molecule has 0 radical (unpaired) electrons. The number of carbonyl (C=O) groups is 1. The molecule has 0 saturated heterocycles. The molecule has 4 rings (SSSR count). The highest BCUT2D eigenvalue weighted by Gasteiger charge is 2.13. The van der Waals surface area contributed by atoms with E-state index < -0.39 is 0 Å². The molecular formula is C20H16N4O3S. The molecule has 28 heavy (non-hydrogen) atoms. The minimum atomic E-state index is -0.361. The first-order valence-corrected chi connectivity index (χ1v) is 9.35. The van der Waals surface area contributed by atoms with Gasteiger partial charge in [-0.1, -0.05) is 11.3 Å². The van der Waals surface area contributed by atoms with Gasteiger partial charge < -0.3 is 4.74 Å². The number of nitrogens with zero attached hydrogens (tertiary/aromatic N) is 4. The Morgan fingerprint density at radius 3 is 2.46 bits per heavy atom. The summed E-state index contributed by atoms with van der Waals surface area (Å²) in [7, 11) is 0. The van der Waals surface area contributed by atoms with E-state index in [-0.39, 0.29) is 11.5 Å². The standard InChI is InChI=1S/C20H16N4O3S/c1-11-8-14(9-12(2)17(11)27-13(3)25)10-16-19(26)24-20(28-16)22-18(23-24)15-4-6-21-7-5-15/h4-10H,1-3H3. The molecular weight excluding hydrogens is 376 g/mol. The molecule has 0 fully saturated rings. The van der Waals surface area contributed by atoms with E-state index in [0.717, 1.165) is 22.3 Å². The van der Waals surface area contributed by atoms with E-state index in [1.54, 1.807) is 30.6 Å². The molecule has 0 aliphatic carbocycles. The Balaban J connectivity index is 1.76. The maximum Gasteiger partial charge on any atom is 0.308 e. The van der Waals surface area contributed by atoms with Crippen molar-refractivity contribution in [3.63, 3.8) is 0 Å². The number of pyridine rings is 1. The highest BCUT2D eigenvalue weighted by atomic mass is 32.1. The Labute approximate surface area is 164 Å². The van der Waals surface area contributed by atoms with Crippen LogP contribution in [-0.2, 0) is 4.79 Å². The Bertz CT molecular complexity index is 1290. The molecule has 0 N–H and O–H groups in total. The molecule has 0 unspecified atom stereocenters. The van der Waals surface area contributed by atoms with Gasteiger partial charge in [0.15, 0.2) is 5.82 Å². The largest absolute Gasteiger partial charge is 0.426 e. The molecule has 0 aliphatic rings. The van der Waals surface area contributed by atoms with Crippen molar-refractivity contribution in [2.24, 2.45) is 0 Å². The first-order valence-electron chi connectivity index (χ1n) is 8.54. The van der Waals surface area contributed by atoms with Crippen LogP contribution in [0.15, 0.2) is 41.5 Å². The number of hydrogen-bond donors (Lipinski definition) is 0. The molecule has 140 valence electrons. The number of aromatic nitrogens is 4. The maximum absolute atomic E-state index is 12.7. The van der Waals surface area contributed by atoms with Gasteiger partial charge in [0.2, 0.25) is 4.96 Å². The van der Waals surface area contributed by atoms with E-state index in [1.165, 1.54) is 22.8 Å². The Morgan fingerprint density at radius 1 is 1.18 bits per heavy atom. The molecule has 0 atom stereocenters. The van der Waals surface area contributed by atoms with Gasteiger partial charge >= 0.3 is 5.97 Å². The van der Waals surface area contributed by atoms with Crippen LogP contribution in [0.25, 0.3) is 22.4 Å². The van der Waals surface area contributed by atoms with E-state index >= 15 is 0 Å². The summed E-state index contributed by atoms with van der Waals surface area (Å²) in [6.07, 6.45) is 5.12. The van der Waals surface area contributed by atoms with Crippen molar-refractivity contribution in [3.05, 3.63) is 68.2 Å². The molecule has 8 heteroatoms. The molecule has 4 aromatic rings. The Morgan fingerprint density at radius 2 is 1.86 bits per heavy atom. The third kappa shape index (κ3) is 3.29. The first kappa shape index (κ1) is 18.0. The summed E-state index contributed by atoms with van der Waals surface area (Å²) in [6.45, 7) is 5.10. The minimum Gasteiger partial charge on any atom is -0.426 e. The number of ether oxygens (including phenoxy) is 1. The Hall–Kier alpha value is -3.39. The molecule has 3 heterocycles. The highest BCUT2D eigenvalue weighted by Crippen LogP contribution is 2.25. The van der Waals surface area contributed by atoms with Crippen molar-refractivity contribution in [1.29, 1.82) is 0 Å². The summed E-state index contributed by atoms with van der Waals surface area (Å²) in [5, 5.41) is 4.32. The molecule has 1 aromatic carbocycles. The molecule has 3 aromatic heterocycles. The van der Waals surface area contributed by atoms with Gasteiger partial charge in [0.05, 0.1) is 4.53 Å². The van der Waals surface area contributed by atoms with Crippen LogP contribution in [0.5, 0.6) is 5.75 Å². The summed E-state index contributed by atoms with van der Waals surface area (Å²) < 4.78 is 7.11. The minimum absolute atomic E-state index is 0.216. The van der Waals surface area contributed by atoms with Gasteiger partial charge in [0.1, 0.15) is 5.75 Å². The molecule has 0 spiro atoms. The fourth-order valence-electron chi connectivity index (χ4n) is 2.98. The van der Waals surface area contributed by atoms with E-state index in [4.69, 9.17) is 4.74 Å². The number of benzene rings is 1. The fourth-order valence-corrected chi connectivity index (χ4v) is 3.89. The van der Waals surface area contributed by atoms with Crippen molar-refractivity contribution in [2.45, 2.75) is 20.8 Å². The molecule has 7 nitrogen and oxygen atoms in total. The van der Waals surface area contributed by atoms with Crippen LogP contribution in [0, 0.1) is 13.8 Å². The summed E-state index contributed by atoms with van der Waals surface area (Å²) >= 11 is 1.28. The van der Waals surface area contributed by atoms with Crippen LogP contribution in [0.3, 0.4) is 0 Å². The van der Waals surface area contributed by atoms with Gasteiger partial charge in [0, 0.05) is 24.9 Å². The predicted molar refractivity (Wildman–Crippen MR) is 106 cm³/mol. The monoisotopic (exact) mass is 392 g/mol. The fraction of sp³-hybridized carbons (Fsp3) is 0.150. The van der Waals surface area contributed by atoms with E-state index in [2.05, 4.69) is 15.1 Å². The second kappa shape index (κ2) is 6.97. The number of hydrogen-bond acceptors (Lipinski definition) is 7. The van der Waals surface area contributed by atoms with Gasteiger partial charge in [-0.2, -0.15) is 9.50 Å². The van der Waals surface area contributed by atoms with Gasteiger partial charge in [-0.3, -0.25) is 14.6 Å². The van der Waals surface area contributed by atoms with Gasteiger partial charge in [-0.15, -0.1) is 5.10 Å². The van der Waals surface area contributed by atoms with Crippen LogP contribution in [0.2, 0.25) is 0 Å². The SMILES string of the molecule is CC(=O)Oc1c(C)cc(C=c2sc3nc(-c4ccncc4)nn3c2=O)cc1C. The average molecular weight is 392 g/mol. The van der Waals surface area contributed by atoms with Crippen LogP contribution >= 0.6 is 11.3 Å². The number of aryl methyl sites for hydroxylation is 2. The van der Waals surface area contributed by atoms with Crippen molar-refractivity contribution < 1.29 is 9.53 Å². The maximum atomic E-state index is 12.7. The van der Waals surface area contributed by atoms with Gasteiger partial charge in [-0.25, -0.2) is 0 Å². The normalized spacial score (nSPS) is 11.9. The second-order valence-electron chi connectivity index (χ2n) is 6.36. The lowest BCUT2D eigenvalue weighted by Gasteiger charge is -2.10. The van der Waals surface area contributed by atoms with Crippen LogP contribution in [-0.4, -0.2) is 25.6 Å². The average Bonchev–Trinajstić information content (AvgIpc) is 3.19. The lowest BCUT2D eigenvalue weighted by atomic mass is 10.1. The first-order chi connectivity index (χ1) is 13.4. The third-order valence-corrected chi connectivity index (χ3v) is 5.11. The second-order valence-corrected chi connectivity index (χ2v) is 7.37. The predicted octanol–water partition coefficient (Wildman–Crippen LogP) is 2.30. The van der Waals surface area contributed by atoms with E-state index in [0.29, 0.717) is 21.1 Å². The number of esters is 1. The lowest BCUT2D eigenvalue weighted by Crippen LogP contribution is -2.23. The zero-order valence-corrected chi connectivity index (χ0v) is 16.3. The summed E-state index contributed by atoms with van der Waals surface area (Å²) in [5.74, 6) is 0.687. The number of fused-ring (bicyclic) bond motifs is 1. The summed E-state index contributed by atoms with van der Waals surface area (Å²) in [5.41, 5.74) is 3.10. The number of thiazole rings is 1. The van der Waals surface area contributed by atoms with Crippen molar-refractivity contribution in [3.8, 4) is 17.1 Å². The quantitative estimate of drug-likeness (QED) is 0.393. The van der Waals surface area contributed by atoms with Crippen molar-refractivity contribution in [2.75, 3.05) is 0 Å². The number of rotatable bonds is 3. The molecule has 0 saturated carbocycles. The van der Waals surface area contributed by atoms with E-state index in [1.807, 2.05) is 26.0 Å². The topological polar surface area (TPSA) is 86.4 Å². The lowest BCUT2D eigenvalue weighted by molar-refractivity contribution is -0.131. The zero-order valence-electron chi connectivity index (χ0n) is 15.5. The third-order valence-electron chi connectivity index (χ3n) is 4.15. The summed E-state index contributed by atoms with van der Waals surface area (Å²) in [6, 6.07) is 7.35. The molecule has 0 amide bonds. The van der Waals surface area contributed by atoms with Crippen LogP contribution < -0.4 is 14.8 Å². The van der Waals surface area contributed by atoms with Gasteiger partial charge in [-0.05, 0) is 60.9 Å². The van der Waals surface area contributed by atoms with E-state index in [9.17, 15) is 9.59 Å². The highest BCUT2D eigenvalue weighted by molar-refractivity contribution is 7.15. The van der Waals surface area contributed by atoms with Crippen LogP contribution in [0.1, 0.15) is 23.6 Å². The summed E-state index contributed by atoms with van der Waals surface area (Å²) in [4.78, 5) is 32.9. The smallest absolute Gasteiger partial charge is 0.308 e. The van der Waals surface area contributed by atoms with Crippen molar-refractivity contribution >= 4 is 28.3 Å². The van der Waals surface area contributed by atoms with Crippen molar-refractivity contribution in [1.82, 2.24) is 19.6 Å². The Kier molecular flexibility index (Phi) is 4.48. The molecule has 0 bridgehead atoms. The number of carbonyl (C=O) groups excluding carboxylic acids is 1. The zero-order chi connectivity index (χ0) is 19.8. The van der Waals surface area contributed by atoms with Crippen LogP contribution in [0.4, 0.5) is 0 Å².